The number of hydrogen-bond donors (Lipinski definition) is 0. The SMILES string of the molecule is C=CCN(C)C(=Cc1ccccc1)C(=O)OC. The van der Waals surface area contributed by atoms with Crippen LogP contribution in [0.5, 0.6) is 0 Å². The van der Waals surface area contributed by atoms with Crippen LogP contribution in [0.3, 0.4) is 0 Å². The van der Waals surface area contributed by atoms with Gasteiger partial charge in [-0.1, -0.05) is 36.4 Å². The van der Waals surface area contributed by atoms with Crippen molar-refractivity contribution >= 4 is 12.0 Å². The van der Waals surface area contributed by atoms with Gasteiger partial charge in [0.1, 0.15) is 5.70 Å². The van der Waals surface area contributed by atoms with Crippen LogP contribution in [0.1, 0.15) is 5.56 Å². The van der Waals surface area contributed by atoms with E-state index >= 15 is 0 Å². The molecule has 17 heavy (non-hydrogen) atoms. The van der Waals surface area contributed by atoms with Crippen molar-refractivity contribution in [1.29, 1.82) is 0 Å². The van der Waals surface area contributed by atoms with Gasteiger partial charge in [-0.3, -0.25) is 0 Å². The molecule has 0 unspecified atom stereocenters. The van der Waals surface area contributed by atoms with E-state index in [1.807, 2.05) is 37.4 Å². The van der Waals surface area contributed by atoms with Gasteiger partial charge in [0.05, 0.1) is 7.11 Å². The predicted octanol–water partition coefficient (Wildman–Crippen LogP) is 2.32. The van der Waals surface area contributed by atoms with Gasteiger partial charge in [0.2, 0.25) is 0 Å². The molecular weight excluding hydrogens is 214 g/mol. The third-order valence-corrected chi connectivity index (χ3v) is 2.31. The second kappa shape index (κ2) is 6.53. The van der Waals surface area contributed by atoms with E-state index in [2.05, 4.69) is 6.58 Å². The molecule has 3 heteroatoms. The summed E-state index contributed by atoms with van der Waals surface area (Å²) in [5.74, 6) is -0.349. The molecular formula is C14H17NO2. The number of likely N-dealkylation sites (N-methyl/N-ethyl adjacent to an activating group) is 1. The average molecular weight is 231 g/mol. The normalized spacial score (nSPS) is 10.8. The van der Waals surface area contributed by atoms with Crippen molar-refractivity contribution in [3.8, 4) is 0 Å². The Balaban J connectivity index is 3.01. The molecule has 0 bridgehead atoms. The molecule has 90 valence electrons. The quantitative estimate of drug-likeness (QED) is 0.442. The van der Waals surface area contributed by atoms with Crippen molar-refractivity contribution < 1.29 is 9.53 Å². The minimum Gasteiger partial charge on any atom is -0.464 e. The summed E-state index contributed by atoms with van der Waals surface area (Å²) in [5, 5.41) is 0. The molecule has 0 spiro atoms. The molecule has 0 heterocycles. The number of hydrogen-bond acceptors (Lipinski definition) is 3. The van der Waals surface area contributed by atoms with Crippen LogP contribution in [0.15, 0.2) is 48.7 Å². The number of carbonyl (C=O) groups is 1. The predicted molar refractivity (Wildman–Crippen MR) is 69.3 cm³/mol. The lowest BCUT2D eigenvalue weighted by Gasteiger charge is -2.18. The largest absolute Gasteiger partial charge is 0.464 e. The Morgan fingerprint density at radius 2 is 2.06 bits per heavy atom. The summed E-state index contributed by atoms with van der Waals surface area (Å²) in [4.78, 5) is 13.5. The van der Waals surface area contributed by atoms with E-state index in [1.54, 1.807) is 17.1 Å². The monoisotopic (exact) mass is 231 g/mol. The number of rotatable bonds is 5. The highest BCUT2D eigenvalue weighted by Crippen LogP contribution is 2.11. The molecule has 0 saturated carbocycles. The van der Waals surface area contributed by atoms with E-state index in [0.29, 0.717) is 12.2 Å². The van der Waals surface area contributed by atoms with Crippen molar-refractivity contribution in [3.05, 3.63) is 54.2 Å². The molecule has 1 aromatic rings. The van der Waals surface area contributed by atoms with E-state index in [-0.39, 0.29) is 5.97 Å². The van der Waals surface area contributed by atoms with Crippen LogP contribution in [0.2, 0.25) is 0 Å². The second-order valence-corrected chi connectivity index (χ2v) is 3.60. The Labute approximate surface area is 102 Å². The highest BCUT2D eigenvalue weighted by Gasteiger charge is 2.13. The Hall–Kier alpha value is -2.03. The molecule has 0 aliphatic heterocycles. The highest BCUT2D eigenvalue weighted by molar-refractivity contribution is 5.92. The lowest BCUT2D eigenvalue weighted by molar-refractivity contribution is -0.137. The van der Waals surface area contributed by atoms with Crippen LogP contribution in [0.4, 0.5) is 0 Å². The van der Waals surface area contributed by atoms with Gasteiger partial charge in [-0.2, -0.15) is 0 Å². The second-order valence-electron chi connectivity index (χ2n) is 3.60. The fourth-order valence-electron chi connectivity index (χ4n) is 1.43. The molecule has 1 aromatic carbocycles. The average Bonchev–Trinajstić information content (AvgIpc) is 2.36. The summed E-state index contributed by atoms with van der Waals surface area (Å²) < 4.78 is 4.77. The Morgan fingerprint density at radius 1 is 1.41 bits per heavy atom. The van der Waals surface area contributed by atoms with Gasteiger partial charge in [0.15, 0.2) is 0 Å². The number of nitrogens with zero attached hydrogens (tertiary/aromatic N) is 1. The summed E-state index contributed by atoms with van der Waals surface area (Å²) in [6.07, 6.45) is 3.54. The van der Waals surface area contributed by atoms with E-state index in [0.717, 1.165) is 5.56 Å². The van der Waals surface area contributed by atoms with Gasteiger partial charge in [0.25, 0.3) is 0 Å². The number of esters is 1. The van der Waals surface area contributed by atoms with E-state index in [4.69, 9.17) is 4.74 Å². The van der Waals surface area contributed by atoms with E-state index in [1.165, 1.54) is 7.11 Å². The number of ether oxygens (including phenoxy) is 1. The minimum atomic E-state index is -0.349. The van der Waals surface area contributed by atoms with Crippen LogP contribution in [-0.4, -0.2) is 31.6 Å². The molecule has 1 rings (SSSR count). The molecule has 0 atom stereocenters. The first-order valence-corrected chi connectivity index (χ1v) is 5.36. The molecule has 0 N–H and O–H groups in total. The van der Waals surface area contributed by atoms with Crippen molar-refractivity contribution in [2.24, 2.45) is 0 Å². The maximum Gasteiger partial charge on any atom is 0.354 e. The first kappa shape index (κ1) is 13.0. The molecule has 0 amide bonds. The maximum absolute atomic E-state index is 11.7. The molecule has 0 radical (unpaired) electrons. The summed E-state index contributed by atoms with van der Waals surface area (Å²) in [7, 11) is 3.20. The first-order valence-electron chi connectivity index (χ1n) is 5.36. The zero-order chi connectivity index (χ0) is 12.7. The smallest absolute Gasteiger partial charge is 0.354 e. The van der Waals surface area contributed by atoms with E-state index in [9.17, 15) is 4.79 Å². The molecule has 0 aromatic heterocycles. The van der Waals surface area contributed by atoms with Crippen molar-refractivity contribution in [2.75, 3.05) is 20.7 Å². The fraction of sp³-hybridized carbons (Fsp3) is 0.214. The topological polar surface area (TPSA) is 29.5 Å². The van der Waals surface area contributed by atoms with Gasteiger partial charge >= 0.3 is 5.97 Å². The number of carbonyl (C=O) groups excluding carboxylic acids is 1. The first-order chi connectivity index (χ1) is 8.19. The lowest BCUT2D eigenvalue weighted by atomic mass is 10.2. The third kappa shape index (κ3) is 3.79. The van der Waals surface area contributed by atoms with Crippen LogP contribution < -0.4 is 0 Å². The summed E-state index contributed by atoms with van der Waals surface area (Å²) in [5.41, 5.74) is 1.47. The zero-order valence-corrected chi connectivity index (χ0v) is 10.2. The Morgan fingerprint density at radius 3 is 2.59 bits per heavy atom. The van der Waals surface area contributed by atoms with Crippen LogP contribution in [0, 0.1) is 0 Å². The van der Waals surface area contributed by atoms with Gasteiger partial charge < -0.3 is 9.64 Å². The third-order valence-electron chi connectivity index (χ3n) is 2.31. The minimum absolute atomic E-state index is 0.349. The van der Waals surface area contributed by atoms with Crippen LogP contribution in [0.25, 0.3) is 6.08 Å². The molecule has 0 aliphatic rings. The van der Waals surface area contributed by atoms with Crippen molar-refractivity contribution in [2.45, 2.75) is 0 Å². The number of methoxy groups -OCH3 is 1. The standard InChI is InChI=1S/C14H17NO2/c1-4-10-15(2)13(14(16)17-3)11-12-8-6-5-7-9-12/h4-9,11H,1,10H2,2-3H3. The summed E-state index contributed by atoms with van der Waals surface area (Å²) >= 11 is 0. The van der Waals surface area contributed by atoms with Gasteiger partial charge in [-0.05, 0) is 11.6 Å². The van der Waals surface area contributed by atoms with Crippen molar-refractivity contribution in [1.82, 2.24) is 4.90 Å². The van der Waals surface area contributed by atoms with Gasteiger partial charge in [0, 0.05) is 13.6 Å². The van der Waals surface area contributed by atoms with Gasteiger partial charge in [-0.25, -0.2) is 4.79 Å². The molecule has 0 fully saturated rings. The van der Waals surface area contributed by atoms with Gasteiger partial charge in [-0.15, -0.1) is 6.58 Å². The van der Waals surface area contributed by atoms with Crippen LogP contribution >= 0.6 is 0 Å². The van der Waals surface area contributed by atoms with Crippen LogP contribution in [-0.2, 0) is 9.53 Å². The fourth-order valence-corrected chi connectivity index (χ4v) is 1.43. The zero-order valence-electron chi connectivity index (χ0n) is 10.2. The Bertz CT molecular complexity index is 409. The summed E-state index contributed by atoms with van der Waals surface area (Å²) in [6.45, 7) is 4.25. The Kier molecular flexibility index (Phi) is 5.01. The number of benzene rings is 1. The lowest BCUT2D eigenvalue weighted by Crippen LogP contribution is -2.24. The molecule has 0 saturated heterocycles. The van der Waals surface area contributed by atoms with Crippen molar-refractivity contribution in [3.63, 3.8) is 0 Å². The maximum atomic E-state index is 11.7. The molecule has 3 nitrogen and oxygen atoms in total. The van der Waals surface area contributed by atoms with E-state index < -0.39 is 0 Å². The highest BCUT2D eigenvalue weighted by atomic mass is 16.5. The summed E-state index contributed by atoms with van der Waals surface area (Å²) in [6, 6.07) is 9.65. The molecule has 0 aliphatic carbocycles.